The molecule has 54 heavy (non-hydrogen) atoms. The van der Waals surface area contributed by atoms with E-state index in [9.17, 15) is 0 Å². The fourth-order valence-corrected chi connectivity index (χ4v) is 7.57. The molecule has 0 saturated heterocycles. The van der Waals surface area contributed by atoms with E-state index in [-0.39, 0.29) is 26.5 Å². The van der Waals surface area contributed by atoms with Crippen LogP contribution >= 0.6 is 0 Å². The van der Waals surface area contributed by atoms with Crippen LogP contribution < -0.4 is 14.5 Å². The summed E-state index contributed by atoms with van der Waals surface area (Å²) in [4.78, 5) is 9.38. The monoisotopic (exact) mass is 890 g/mol. The summed E-state index contributed by atoms with van der Waals surface area (Å²) < 4.78 is 8.98. The minimum absolute atomic E-state index is 0. The van der Waals surface area contributed by atoms with Gasteiger partial charge in [-0.25, -0.2) is 4.98 Å². The van der Waals surface area contributed by atoms with Crippen molar-refractivity contribution in [3.8, 4) is 17.3 Å². The van der Waals surface area contributed by atoms with Gasteiger partial charge in [0.15, 0.2) is 0 Å². The first-order valence-electron chi connectivity index (χ1n) is 18.9. The normalized spacial score (nSPS) is 12.9. The van der Waals surface area contributed by atoms with Crippen LogP contribution in [0.25, 0.3) is 27.6 Å². The van der Waals surface area contributed by atoms with Crippen molar-refractivity contribution in [1.29, 1.82) is 0 Å². The molecular formula is C48H47N4OPt-3. The van der Waals surface area contributed by atoms with Crippen LogP contribution in [0.3, 0.4) is 0 Å². The third-order valence-electron chi connectivity index (χ3n) is 10.6. The van der Waals surface area contributed by atoms with Crippen molar-refractivity contribution in [3.63, 3.8) is 0 Å². The summed E-state index contributed by atoms with van der Waals surface area (Å²) in [6.45, 7) is 17.9. The van der Waals surface area contributed by atoms with Crippen LogP contribution in [0.2, 0.25) is 0 Å². The van der Waals surface area contributed by atoms with Crippen molar-refractivity contribution in [2.24, 2.45) is 0 Å². The first-order valence-corrected chi connectivity index (χ1v) is 18.9. The van der Waals surface area contributed by atoms with Crippen LogP contribution in [0, 0.1) is 18.8 Å². The van der Waals surface area contributed by atoms with Gasteiger partial charge in [0.2, 0.25) is 0 Å². The second-order valence-electron chi connectivity index (χ2n) is 15.5. The fraction of sp³-hybridized carbons (Fsp3) is 0.250. The van der Waals surface area contributed by atoms with Gasteiger partial charge in [-0.2, -0.15) is 6.07 Å². The fourth-order valence-electron chi connectivity index (χ4n) is 7.57. The number of hydrogen-bond donors (Lipinski definition) is 0. The van der Waals surface area contributed by atoms with Crippen molar-refractivity contribution < 1.29 is 25.8 Å². The van der Waals surface area contributed by atoms with E-state index in [2.05, 4.69) is 185 Å². The van der Waals surface area contributed by atoms with Crippen molar-refractivity contribution in [3.05, 3.63) is 151 Å². The van der Waals surface area contributed by atoms with Gasteiger partial charge in [0.25, 0.3) is 0 Å². The molecule has 0 spiro atoms. The summed E-state index contributed by atoms with van der Waals surface area (Å²) in [5.74, 6) is 3.00. The predicted molar refractivity (Wildman–Crippen MR) is 220 cm³/mol. The van der Waals surface area contributed by atoms with E-state index in [0.717, 1.165) is 63.2 Å². The van der Waals surface area contributed by atoms with Crippen molar-refractivity contribution in [1.82, 2.24) is 9.55 Å². The predicted octanol–water partition coefficient (Wildman–Crippen LogP) is 13.3. The second-order valence-corrected chi connectivity index (χ2v) is 15.5. The van der Waals surface area contributed by atoms with Gasteiger partial charge in [0, 0.05) is 61.3 Å². The van der Waals surface area contributed by atoms with E-state index in [4.69, 9.17) is 9.72 Å². The summed E-state index contributed by atoms with van der Waals surface area (Å²) >= 11 is 0. The molecule has 0 aliphatic carbocycles. The van der Waals surface area contributed by atoms with Crippen LogP contribution in [-0.4, -0.2) is 9.55 Å². The summed E-state index contributed by atoms with van der Waals surface area (Å²) in [5.41, 5.74) is 10.1. The molecule has 5 aromatic carbocycles. The number of benzene rings is 5. The molecular weight excluding hydrogens is 844 g/mol. The third-order valence-corrected chi connectivity index (χ3v) is 10.6. The van der Waals surface area contributed by atoms with Gasteiger partial charge in [-0.1, -0.05) is 109 Å². The average Bonchev–Trinajstić information content (AvgIpc) is 3.71. The summed E-state index contributed by atoms with van der Waals surface area (Å²) in [7, 11) is 0. The number of aromatic nitrogens is 2. The number of para-hydroxylation sites is 3. The molecule has 0 saturated carbocycles. The van der Waals surface area contributed by atoms with E-state index in [1.54, 1.807) is 0 Å². The number of hydrogen-bond acceptors (Lipinski definition) is 4. The largest absolute Gasteiger partial charge is 0.509 e. The molecule has 278 valence electrons. The molecule has 1 aliphatic rings. The molecule has 0 radical (unpaired) electrons. The summed E-state index contributed by atoms with van der Waals surface area (Å²) in [6.07, 6.45) is 3.98. The van der Waals surface area contributed by atoms with Gasteiger partial charge in [-0.15, -0.1) is 53.6 Å². The standard InChI is InChI=1S/C48H47N4O.Pt/c1-8-33(9-2)35-26-38(51-31-50(44-19-12-13-20-45(44)51)37-16-14-15-34(25-37)32(3)4)29-40(27-35)53-39-21-22-42-41-17-10-11-18-43(41)52(46(42)30-39)47-28-36(23-24-49-47)48(5,6)7;/h10-28,31-33H,8-9H2,1-7H3;/q-3;. The molecule has 2 aromatic heterocycles. The maximum absolute atomic E-state index is 6.77. The molecule has 0 atom stereocenters. The Labute approximate surface area is 334 Å². The van der Waals surface area contributed by atoms with Gasteiger partial charge in [-0.05, 0) is 76.2 Å². The van der Waals surface area contributed by atoms with Crippen molar-refractivity contribution >= 4 is 44.6 Å². The van der Waals surface area contributed by atoms with Gasteiger partial charge in [0.05, 0.1) is 0 Å². The van der Waals surface area contributed by atoms with Crippen LogP contribution in [-0.2, 0) is 26.5 Å². The summed E-state index contributed by atoms with van der Waals surface area (Å²) in [5, 5.41) is 2.26. The quantitative estimate of drug-likeness (QED) is 0.135. The van der Waals surface area contributed by atoms with Crippen LogP contribution in [0.5, 0.6) is 11.5 Å². The molecule has 0 bridgehead atoms. The van der Waals surface area contributed by atoms with E-state index in [0.29, 0.717) is 23.3 Å². The molecule has 1 aliphatic heterocycles. The van der Waals surface area contributed by atoms with E-state index < -0.39 is 0 Å². The smallest absolute Gasteiger partial charge is 0.135 e. The Balaban J connectivity index is 0.00000450. The Morgan fingerprint density at radius 1 is 0.722 bits per heavy atom. The Hall–Kier alpha value is -4.86. The van der Waals surface area contributed by atoms with Gasteiger partial charge >= 0.3 is 0 Å². The molecule has 5 nitrogen and oxygen atoms in total. The number of fused-ring (bicyclic) bond motifs is 4. The molecule has 0 fully saturated rings. The van der Waals surface area contributed by atoms with E-state index >= 15 is 0 Å². The molecule has 0 amide bonds. The number of ether oxygens (including phenoxy) is 1. The molecule has 6 heteroatoms. The van der Waals surface area contributed by atoms with E-state index in [1.807, 2.05) is 12.3 Å². The summed E-state index contributed by atoms with van der Waals surface area (Å²) in [6, 6.07) is 46.1. The zero-order valence-corrected chi connectivity index (χ0v) is 34.4. The van der Waals surface area contributed by atoms with Gasteiger partial charge in [-0.3, -0.25) is 0 Å². The van der Waals surface area contributed by atoms with E-state index in [1.165, 1.54) is 16.7 Å². The van der Waals surface area contributed by atoms with Crippen molar-refractivity contribution in [2.45, 2.75) is 78.6 Å². The molecule has 3 heterocycles. The second kappa shape index (κ2) is 15.1. The molecule has 0 N–H and O–H groups in total. The van der Waals surface area contributed by atoms with Crippen LogP contribution in [0.4, 0.5) is 22.7 Å². The average molecular weight is 891 g/mol. The first kappa shape index (κ1) is 37.5. The minimum atomic E-state index is -0.00966. The Bertz CT molecular complexity index is 2440. The SMILES string of the molecule is CCC(CC)c1cc(Oc2[c-]c3c(cc2)c2ccccc2n3-c2cc(C(C)(C)C)ccn2)[c-]c(N2[CH-]N(c3cccc(C(C)C)c3)c3ccccc32)c1.[Pt]. The first-order chi connectivity index (χ1) is 25.6. The van der Waals surface area contributed by atoms with Crippen molar-refractivity contribution in [2.75, 3.05) is 9.80 Å². The maximum atomic E-state index is 6.77. The Kier molecular flexibility index (Phi) is 10.5. The zero-order chi connectivity index (χ0) is 36.9. The zero-order valence-electron chi connectivity index (χ0n) is 32.1. The number of nitrogens with zero attached hydrogens (tertiary/aromatic N) is 4. The molecule has 0 unspecified atom stereocenters. The van der Waals surface area contributed by atoms with Crippen LogP contribution in [0.1, 0.15) is 89.8 Å². The van der Waals surface area contributed by atoms with Gasteiger partial charge in [0.1, 0.15) is 5.82 Å². The third kappa shape index (κ3) is 6.95. The minimum Gasteiger partial charge on any atom is -0.509 e. The molecule has 7 aromatic rings. The topological polar surface area (TPSA) is 33.5 Å². The van der Waals surface area contributed by atoms with Gasteiger partial charge < -0.3 is 19.1 Å². The number of pyridine rings is 1. The number of anilines is 4. The Morgan fingerprint density at radius 2 is 1.46 bits per heavy atom. The Morgan fingerprint density at radius 3 is 2.20 bits per heavy atom. The van der Waals surface area contributed by atoms with Crippen LogP contribution in [0.15, 0.2) is 115 Å². The molecule has 8 rings (SSSR count). The number of rotatable bonds is 9. The maximum Gasteiger partial charge on any atom is 0.135 e.